The Kier molecular flexibility index (Phi) is 4.81. The first-order valence-corrected chi connectivity index (χ1v) is 11.1. The monoisotopic (exact) mass is 436 g/mol. The number of nitrogens with zero attached hydrogens (tertiary/aromatic N) is 2. The highest BCUT2D eigenvalue weighted by molar-refractivity contribution is 8.04. The van der Waals surface area contributed by atoms with Gasteiger partial charge in [0.25, 0.3) is 0 Å². The van der Waals surface area contributed by atoms with Gasteiger partial charge in [-0.1, -0.05) is 24.3 Å². The average molecular weight is 436 g/mol. The molecule has 0 radical (unpaired) electrons. The van der Waals surface area contributed by atoms with Gasteiger partial charge in [0.2, 0.25) is 11.6 Å². The number of hydrogen-bond acceptors (Lipinski definition) is 7. The molecule has 3 heterocycles. The SMILES string of the molecule is Cc1ccc(OC(=O)N2CCC3(CC2)CSC2=C(O3)c3ccccc3C(=O)C2=O)cn1. The van der Waals surface area contributed by atoms with Crippen LogP contribution >= 0.6 is 11.8 Å². The van der Waals surface area contributed by atoms with Gasteiger partial charge in [0.15, 0.2) is 5.75 Å². The van der Waals surface area contributed by atoms with Crippen LogP contribution in [-0.4, -0.2) is 52.0 Å². The number of allylic oxidation sites excluding steroid dienone is 1. The van der Waals surface area contributed by atoms with Crippen molar-refractivity contribution in [1.29, 1.82) is 0 Å². The number of ether oxygens (including phenoxy) is 2. The molecule has 0 N–H and O–H groups in total. The van der Waals surface area contributed by atoms with Crippen LogP contribution in [0.25, 0.3) is 5.76 Å². The van der Waals surface area contributed by atoms with Crippen molar-refractivity contribution >= 4 is 35.2 Å². The number of rotatable bonds is 1. The number of aryl methyl sites for hydroxylation is 1. The first-order chi connectivity index (χ1) is 15.0. The number of benzene rings is 1. The number of carbonyl (C=O) groups is 3. The Morgan fingerprint density at radius 2 is 1.84 bits per heavy atom. The van der Waals surface area contributed by atoms with E-state index in [9.17, 15) is 14.4 Å². The molecule has 1 saturated heterocycles. The second kappa shape index (κ2) is 7.53. The number of pyridine rings is 1. The van der Waals surface area contributed by atoms with E-state index in [0.29, 0.717) is 59.2 Å². The topological polar surface area (TPSA) is 85.8 Å². The van der Waals surface area contributed by atoms with Crippen LogP contribution in [0.5, 0.6) is 5.75 Å². The van der Waals surface area contributed by atoms with Crippen molar-refractivity contribution in [1.82, 2.24) is 9.88 Å². The predicted octanol–water partition coefficient (Wildman–Crippen LogP) is 3.62. The molecule has 1 fully saturated rings. The zero-order valence-corrected chi connectivity index (χ0v) is 17.7. The van der Waals surface area contributed by atoms with E-state index < -0.39 is 23.3 Å². The number of thioether (sulfide) groups is 1. The number of fused-ring (bicyclic) bond motifs is 2. The van der Waals surface area contributed by atoms with Crippen LogP contribution in [0, 0.1) is 6.92 Å². The Hall–Kier alpha value is -3.13. The summed E-state index contributed by atoms with van der Waals surface area (Å²) < 4.78 is 11.9. The fourth-order valence-electron chi connectivity index (χ4n) is 4.04. The molecule has 2 aromatic rings. The summed E-state index contributed by atoms with van der Waals surface area (Å²) in [6.45, 7) is 2.83. The van der Waals surface area contributed by atoms with Gasteiger partial charge < -0.3 is 14.4 Å². The maximum atomic E-state index is 12.5. The Morgan fingerprint density at radius 3 is 2.55 bits per heavy atom. The fraction of sp³-hybridized carbons (Fsp3) is 0.304. The highest BCUT2D eigenvalue weighted by Crippen LogP contribution is 2.47. The molecule has 1 spiro atoms. The van der Waals surface area contributed by atoms with Crippen molar-refractivity contribution in [2.24, 2.45) is 0 Å². The zero-order chi connectivity index (χ0) is 21.6. The quantitative estimate of drug-likeness (QED) is 0.631. The molecule has 8 heteroatoms. The minimum Gasteiger partial charge on any atom is -0.484 e. The molecular weight excluding hydrogens is 416 g/mol. The molecule has 1 aromatic heterocycles. The van der Waals surface area contributed by atoms with Crippen molar-refractivity contribution in [3.05, 3.63) is 64.3 Å². The summed E-state index contributed by atoms with van der Waals surface area (Å²) >= 11 is 1.38. The van der Waals surface area contributed by atoms with Crippen LogP contribution in [0.3, 0.4) is 0 Å². The number of piperidine rings is 1. The second-order valence-corrected chi connectivity index (χ2v) is 8.91. The standard InChI is InChI=1S/C23H20N2O5S/c1-14-6-7-15(12-24-14)29-22(28)25-10-8-23(9-11-25)13-31-21-19(27)18(26)16-4-2-3-5-17(16)20(21)30-23/h2-7,12H,8-11,13H2,1H3. The summed E-state index contributed by atoms with van der Waals surface area (Å²) in [7, 11) is 0. The van der Waals surface area contributed by atoms with Gasteiger partial charge in [-0.2, -0.15) is 0 Å². The second-order valence-electron chi connectivity index (χ2n) is 7.93. The molecular formula is C23H20N2O5S. The maximum absolute atomic E-state index is 12.5. The molecule has 0 bridgehead atoms. The van der Waals surface area contributed by atoms with Gasteiger partial charge in [0, 0.05) is 48.5 Å². The molecule has 1 aromatic carbocycles. The largest absolute Gasteiger partial charge is 0.484 e. The molecule has 158 valence electrons. The third kappa shape index (κ3) is 3.50. The lowest BCUT2D eigenvalue weighted by atomic mass is 9.90. The van der Waals surface area contributed by atoms with Crippen molar-refractivity contribution in [3.8, 4) is 5.75 Å². The van der Waals surface area contributed by atoms with E-state index in [2.05, 4.69) is 4.98 Å². The summed E-state index contributed by atoms with van der Waals surface area (Å²) in [5, 5.41) is 0. The van der Waals surface area contributed by atoms with Gasteiger partial charge >= 0.3 is 6.09 Å². The number of hydrogen-bond donors (Lipinski definition) is 0. The molecule has 3 aliphatic rings. The van der Waals surface area contributed by atoms with Crippen molar-refractivity contribution < 1.29 is 23.9 Å². The molecule has 0 saturated carbocycles. The van der Waals surface area contributed by atoms with Crippen LogP contribution in [0.15, 0.2) is 47.5 Å². The minimum absolute atomic E-state index is 0.386. The summed E-state index contributed by atoms with van der Waals surface area (Å²) in [6.07, 6.45) is 2.35. The van der Waals surface area contributed by atoms with Crippen molar-refractivity contribution in [2.45, 2.75) is 25.4 Å². The lowest BCUT2D eigenvalue weighted by molar-refractivity contribution is -0.111. The summed E-state index contributed by atoms with van der Waals surface area (Å²) in [5.74, 6) is 0.499. The lowest BCUT2D eigenvalue weighted by Gasteiger charge is -2.45. The van der Waals surface area contributed by atoms with E-state index in [-0.39, 0.29) is 0 Å². The predicted molar refractivity (Wildman–Crippen MR) is 115 cm³/mol. The van der Waals surface area contributed by atoms with E-state index in [4.69, 9.17) is 9.47 Å². The highest BCUT2D eigenvalue weighted by Gasteiger charge is 2.46. The molecule has 7 nitrogen and oxygen atoms in total. The highest BCUT2D eigenvalue weighted by atomic mass is 32.2. The first-order valence-electron chi connectivity index (χ1n) is 10.1. The number of Topliss-reactive ketones (excluding diaryl/α,β-unsaturated/α-hetero) is 2. The molecule has 0 unspecified atom stereocenters. The van der Waals surface area contributed by atoms with Crippen molar-refractivity contribution in [3.63, 3.8) is 0 Å². The lowest BCUT2D eigenvalue weighted by Crippen LogP contribution is -2.51. The Bertz CT molecular complexity index is 1120. The average Bonchev–Trinajstić information content (AvgIpc) is 2.79. The molecule has 31 heavy (non-hydrogen) atoms. The smallest absolute Gasteiger partial charge is 0.415 e. The number of ketones is 2. The fourth-order valence-corrected chi connectivity index (χ4v) is 5.30. The van der Waals surface area contributed by atoms with Gasteiger partial charge in [-0.05, 0) is 19.1 Å². The molecule has 2 aliphatic heterocycles. The summed E-state index contributed by atoms with van der Waals surface area (Å²) in [4.78, 5) is 43.7. The van der Waals surface area contributed by atoms with Gasteiger partial charge in [-0.3, -0.25) is 14.6 Å². The van der Waals surface area contributed by atoms with Crippen LogP contribution in [0.2, 0.25) is 0 Å². The number of carbonyl (C=O) groups excluding carboxylic acids is 3. The molecule has 0 atom stereocenters. The van der Waals surface area contributed by atoms with E-state index in [1.807, 2.05) is 19.1 Å². The maximum Gasteiger partial charge on any atom is 0.415 e. The first kappa shape index (κ1) is 19.8. The van der Waals surface area contributed by atoms with Gasteiger partial charge in [-0.25, -0.2) is 4.79 Å². The number of aromatic nitrogens is 1. The minimum atomic E-state index is -0.499. The van der Waals surface area contributed by atoms with E-state index in [0.717, 1.165) is 5.69 Å². The van der Waals surface area contributed by atoms with Crippen LogP contribution in [0.4, 0.5) is 4.79 Å². The Labute approximate surface area is 183 Å². The summed E-state index contributed by atoms with van der Waals surface area (Å²) in [5.41, 5.74) is 1.42. The van der Waals surface area contributed by atoms with Crippen LogP contribution < -0.4 is 4.74 Å². The Balaban J connectivity index is 1.30. The van der Waals surface area contributed by atoms with Crippen LogP contribution in [0.1, 0.15) is 34.5 Å². The number of likely N-dealkylation sites (tertiary alicyclic amines) is 1. The Morgan fingerprint density at radius 1 is 1.10 bits per heavy atom. The normalized spacial score (nSPS) is 19.6. The van der Waals surface area contributed by atoms with Crippen LogP contribution in [-0.2, 0) is 9.53 Å². The van der Waals surface area contributed by atoms with E-state index in [1.165, 1.54) is 18.0 Å². The molecule has 5 rings (SSSR count). The number of amides is 1. The molecule has 1 amide bonds. The van der Waals surface area contributed by atoms with Gasteiger partial charge in [-0.15, -0.1) is 11.8 Å². The molecule has 1 aliphatic carbocycles. The third-order valence-electron chi connectivity index (χ3n) is 5.86. The van der Waals surface area contributed by atoms with Gasteiger partial charge in [0.1, 0.15) is 16.3 Å². The van der Waals surface area contributed by atoms with E-state index in [1.54, 1.807) is 29.2 Å². The van der Waals surface area contributed by atoms with E-state index >= 15 is 0 Å². The van der Waals surface area contributed by atoms with Crippen molar-refractivity contribution in [2.75, 3.05) is 18.8 Å². The summed E-state index contributed by atoms with van der Waals surface area (Å²) in [6, 6.07) is 10.6. The third-order valence-corrected chi connectivity index (χ3v) is 7.19. The zero-order valence-electron chi connectivity index (χ0n) is 16.9. The van der Waals surface area contributed by atoms with Gasteiger partial charge in [0.05, 0.1) is 6.20 Å².